The van der Waals surface area contributed by atoms with Crippen LogP contribution in [0.5, 0.6) is 0 Å². The summed E-state index contributed by atoms with van der Waals surface area (Å²) in [5.74, 6) is 1.05. The van der Waals surface area contributed by atoms with Gasteiger partial charge in [-0.15, -0.1) is 0 Å². The predicted octanol–water partition coefficient (Wildman–Crippen LogP) is 3.65. The Labute approximate surface area is 132 Å². The van der Waals surface area contributed by atoms with Crippen molar-refractivity contribution in [3.8, 4) is 0 Å². The van der Waals surface area contributed by atoms with Crippen LogP contribution in [0.25, 0.3) is 0 Å². The fraction of sp³-hybridized carbons (Fsp3) is 0.647. The molecule has 0 unspecified atom stereocenters. The van der Waals surface area contributed by atoms with Crippen LogP contribution in [0.1, 0.15) is 38.3 Å². The van der Waals surface area contributed by atoms with E-state index in [1.165, 1.54) is 5.56 Å². The topological polar surface area (TPSA) is 15.3 Å². The number of nitrogens with one attached hydrogen (secondary N) is 1. The molecule has 0 amide bonds. The molecule has 1 aliphatic rings. The lowest BCUT2D eigenvalue weighted by atomic mass is 10.1. The van der Waals surface area contributed by atoms with E-state index in [9.17, 15) is 4.39 Å². The maximum absolute atomic E-state index is 14.1. The van der Waals surface area contributed by atoms with E-state index < -0.39 is 0 Å². The first-order chi connectivity index (χ1) is 10.00. The molecule has 2 rings (SSSR count). The number of thioether (sulfide) groups is 1. The van der Waals surface area contributed by atoms with Gasteiger partial charge in [0.1, 0.15) is 5.82 Å². The lowest BCUT2D eigenvalue weighted by Crippen LogP contribution is -2.42. The molecule has 1 aromatic rings. The molecule has 1 aliphatic heterocycles. The van der Waals surface area contributed by atoms with Gasteiger partial charge in [-0.1, -0.05) is 19.1 Å². The molecule has 0 aliphatic carbocycles. The fourth-order valence-corrected chi connectivity index (χ4v) is 3.93. The summed E-state index contributed by atoms with van der Waals surface area (Å²) in [6.45, 7) is 11.3. The first-order valence-corrected chi connectivity index (χ1v) is 8.83. The third kappa shape index (κ3) is 5.28. The van der Waals surface area contributed by atoms with Crippen molar-refractivity contribution in [1.82, 2.24) is 10.2 Å². The summed E-state index contributed by atoms with van der Waals surface area (Å²) in [4.78, 5) is 2.37. The van der Waals surface area contributed by atoms with Gasteiger partial charge in [0.05, 0.1) is 0 Å². The Morgan fingerprint density at radius 1 is 1.38 bits per heavy atom. The number of hydrogen-bond donors (Lipinski definition) is 1. The molecule has 0 spiro atoms. The molecule has 1 saturated heterocycles. The minimum atomic E-state index is -0.0784. The largest absolute Gasteiger partial charge is 0.313 e. The molecule has 2 nitrogen and oxygen atoms in total. The minimum Gasteiger partial charge on any atom is -0.313 e. The van der Waals surface area contributed by atoms with Gasteiger partial charge in [-0.25, -0.2) is 4.39 Å². The zero-order valence-corrected chi connectivity index (χ0v) is 14.2. The smallest absolute Gasteiger partial charge is 0.127 e. The predicted molar refractivity (Wildman–Crippen MR) is 90.2 cm³/mol. The van der Waals surface area contributed by atoms with E-state index in [1.54, 1.807) is 6.07 Å². The number of benzene rings is 1. The molecule has 21 heavy (non-hydrogen) atoms. The quantitative estimate of drug-likeness (QED) is 0.807. The van der Waals surface area contributed by atoms with E-state index in [2.05, 4.69) is 31.0 Å². The van der Waals surface area contributed by atoms with Crippen molar-refractivity contribution in [3.05, 3.63) is 35.1 Å². The normalized spacial score (nSPS) is 18.9. The Morgan fingerprint density at radius 2 is 2.19 bits per heavy atom. The number of rotatable bonds is 6. The van der Waals surface area contributed by atoms with E-state index in [1.807, 2.05) is 23.9 Å². The molecule has 0 aromatic heterocycles. The Bertz CT molecular complexity index is 462. The number of hydrogen-bond acceptors (Lipinski definition) is 3. The first kappa shape index (κ1) is 16.8. The second-order valence-electron chi connectivity index (χ2n) is 6.42. The van der Waals surface area contributed by atoms with Crippen molar-refractivity contribution in [2.45, 2.75) is 45.0 Å². The molecule has 0 saturated carbocycles. The van der Waals surface area contributed by atoms with E-state index in [0.29, 0.717) is 0 Å². The molecule has 1 fully saturated rings. The molecule has 0 bridgehead atoms. The molecule has 4 heteroatoms. The van der Waals surface area contributed by atoms with Gasteiger partial charge >= 0.3 is 0 Å². The van der Waals surface area contributed by atoms with Crippen molar-refractivity contribution >= 4 is 11.8 Å². The maximum Gasteiger partial charge on any atom is 0.127 e. The molecule has 1 aromatic carbocycles. The summed E-state index contributed by atoms with van der Waals surface area (Å²) >= 11 is 2.01. The molecule has 0 radical (unpaired) electrons. The zero-order valence-electron chi connectivity index (χ0n) is 13.4. The van der Waals surface area contributed by atoms with Gasteiger partial charge in [-0.2, -0.15) is 11.8 Å². The van der Waals surface area contributed by atoms with Gasteiger partial charge < -0.3 is 5.32 Å². The minimum absolute atomic E-state index is 0.0784. The van der Waals surface area contributed by atoms with Crippen LogP contribution in [0, 0.1) is 5.82 Å². The lowest BCUT2D eigenvalue weighted by molar-refractivity contribution is 0.249. The standard InChI is InChI=1S/C17H27FN2S/c1-4-7-19-11-14-5-6-16(18)15(10-14)12-20-8-9-21-17(2,3)13-20/h5-6,10,19H,4,7-9,11-13H2,1-3H3. The van der Waals surface area contributed by atoms with Gasteiger partial charge in [0.2, 0.25) is 0 Å². The molecule has 0 atom stereocenters. The van der Waals surface area contributed by atoms with Crippen LogP contribution in [0.3, 0.4) is 0 Å². The van der Waals surface area contributed by atoms with Crippen molar-refractivity contribution in [1.29, 1.82) is 0 Å². The van der Waals surface area contributed by atoms with Gasteiger partial charge in [0, 0.05) is 42.2 Å². The van der Waals surface area contributed by atoms with E-state index in [0.717, 1.165) is 50.5 Å². The fourth-order valence-electron chi connectivity index (χ4n) is 2.76. The highest BCUT2D eigenvalue weighted by Crippen LogP contribution is 2.30. The third-order valence-electron chi connectivity index (χ3n) is 3.76. The van der Waals surface area contributed by atoms with Crippen molar-refractivity contribution < 1.29 is 4.39 Å². The summed E-state index contributed by atoms with van der Waals surface area (Å²) in [7, 11) is 0. The SMILES string of the molecule is CCCNCc1ccc(F)c(CN2CCSC(C)(C)C2)c1. The van der Waals surface area contributed by atoms with Crippen LogP contribution in [0.15, 0.2) is 18.2 Å². The van der Waals surface area contributed by atoms with Crippen LogP contribution in [0.2, 0.25) is 0 Å². The van der Waals surface area contributed by atoms with Crippen LogP contribution in [-0.4, -0.2) is 35.0 Å². The zero-order chi connectivity index (χ0) is 15.3. The molecule has 1 N–H and O–H groups in total. The summed E-state index contributed by atoms with van der Waals surface area (Å²) in [6.07, 6.45) is 1.12. The van der Waals surface area contributed by atoms with E-state index in [-0.39, 0.29) is 10.6 Å². The van der Waals surface area contributed by atoms with Gasteiger partial charge in [-0.3, -0.25) is 4.90 Å². The second kappa shape index (κ2) is 7.61. The van der Waals surface area contributed by atoms with Crippen molar-refractivity contribution in [2.24, 2.45) is 0 Å². The Hall–Kier alpha value is -0.580. The van der Waals surface area contributed by atoms with Crippen LogP contribution < -0.4 is 5.32 Å². The highest BCUT2D eigenvalue weighted by atomic mass is 32.2. The van der Waals surface area contributed by atoms with Gasteiger partial charge in [0.25, 0.3) is 0 Å². The Kier molecular flexibility index (Phi) is 6.08. The monoisotopic (exact) mass is 310 g/mol. The maximum atomic E-state index is 14.1. The lowest BCUT2D eigenvalue weighted by Gasteiger charge is -2.37. The summed E-state index contributed by atoms with van der Waals surface area (Å²) < 4.78 is 14.3. The number of nitrogens with zero attached hydrogens (tertiary/aromatic N) is 1. The molecule has 118 valence electrons. The number of halogens is 1. The summed E-state index contributed by atoms with van der Waals surface area (Å²) in [5.41, 5.74) is 2.00. The van der Waals surface area contributed by atoms with E-state index in [4.69, 9.17) is 0 Å². The highest BCUT2D eigenvalue weighted by molar-refractivity contribution is 8.00. The van der Waals surface area contributed by atoms with Crippen molar-refractivity contribution in [3.63, 3.8) is 0 Å². The van der Waals surface area contributed by atoms with E-state index >= 15 is 0 Å². The van der Waals surface area contributed by atoms with Crippen LogP contribution in [-0.2, 0) is 13.1 Å². The Morgan fingerprint density at radius 3 is 2.90 bits per heavy atom. The first-order valence-electron chi connectivity index (χ1n) is 7.84. The summed E-state index contributed by atoms with van der Waals surface area (Å²) in [6, 6.07) is 5.52. The average Bonchev–Trinajstić information content (AvgIpc) is 2.41. The van der Waals surface area contributed by atoms with Crippen molar-refractivity contribution in [2.75, 3.05) is 25.4 Å². The molecular weight excluding hydrogens is 283 g/mol. The molecule has 1 heterocycles. The second-order valence-corrected chi connectivity index (χ2v) is 8.22. The highest BCUT2D eigenvalue weighted by Gasteiger charge is 2.27. The van der Waals surface area contributed by atoms with Gasteiger partial charge in [0.15, 0.2) is 0 Å². The molecular formula is C17H27FN2S. The summed E-state index contributed by atoms with van der Waals surface area (Å²) in [5, 5.41) is 3.38. The Balaban J connectivity index is 1.99. The van der Waals surface area contributed by atoms with Gasteiger partial charge in [-0.05, 0) is 38.4 Å². The van der Waals surface area contributed by atoms with Crippen LogP contribution in [0.4, 0.5) is 4.39 Å². The average molecular weight is 310 g/mol. The van der Waals surface area contributed by atoms with Crippen LogP contribution >= 0.6 is 11.8 Å². The third-order valence-corrected chi connectivity index (χ3v) is 5.06.